The number of rotatable bonds is 5. The Morgan fingerprint density at radius 1 is 1.41 bits per heavy atom. The number of hydrogen-bond donors (Lipinski definition) is 2. The van der Waals surface area contributed by atoms with Gasteiger partial charge in [-0.1, -0.05) is 0 Å². The zero-order chi connectivity index (χ0) is 16.3. The highest BCUT2D eigenvalue weighted by atomic mass is 16.2. The number of hydrogen-bond acceptors (Lipinski definition) is 3. The van der Waals surface area contributed by atoms with Gasteiger partial charge in [0.1, 0.15) is 0 Å². The smallest absolute Gasteiger partial charge is 0.241 e. The zero-order valence-corrected chi connectivity index (χ0v) is 14.1. The van der Waals surface area contributed by atoms with Crippen LogP contribution in [0.5, 0.6) is 0 Å². The van der Waals surface area contributed by atoms with Gasteiger partial charge >= 0.3 is 0 Å². The molecular formula is C15H26N6O. The molecule has 122 valence electrons. The van der Waals surface area contributed by atoms with E-state index >= 15 is 0 Å². The molecule has 0 radical (unpaired) electrons. The summed E-state index contributed by atoms with van der Waals surface area (Å²) in [5, 5.41) is 10.9. The molecule has 0 atom stereocenters. The number of amides is 1. The lowest BCUT2D eigenvalue weighted by Crippen LogP contribution is -2.43. The van der Waals surface area contributed by atoms with Gasteiger partial charge < -0.3 is 15.5 Å². The molecule has 0 saturated heterocycles. The first-order valence-electron chi connectivity index (χ1n) is 7.62. The van der Waals surface area contributed by atoms with E-state index in [1.54, 1.807) is 19.0 Å². The molecule has 0 spiro atoms. The fourth-order valence-electron chi connectivity index (χ4n) is 2.10. The Hall–Kier alpha value is -2.05. The van der Waals surface area contributed by atoms with Crippen molar-refractivity contribution in [3.63, 3.8) is 0 Å². The van der Waals surface area contributed by atoms with Crippen molar-refractivity contribution in [2.75, 3.05) is 20.6 Å². The normalized spacial score (nSPS) is 14.9. The minimum Gasteiger partial charge on any atom is -0.354 e. The van der Waals surface area contributed by atoms with Crippen LogP contribution < -0.4 is 10.6 Å². The largest absolute Gasteiger partial charge is 0.354 e. The molecular weight excluding hydrogens is 280 g/mol. The van der Waals surface area contributed by atoms with Gasteiger partial charge in [-0.05, 0) is 26.7 Å². The SMILES string of the molecule is Cc1nn(C)c(C)c1CN=C(NCC(=O)N(C)C)NC1CC1. The van der Waals surface area contributed by atoms with Crippen molar-refractivity contribution >= 4 is 11.9 Å². The van der Waals surface area contributed by atoms with Crippen LogP contribution in [0.25, 0.3) is 0 Å². The topological polar surface area (TPSA) is 74.5 Å². The van der Waals surface area contributed by atoms with E-state index in [0.717, 1.165) is 29.8 Å². The maximum absolute atomic E-state index is 11.7. The number of carbonyl (C=O) groups excluding carboxylic acids is 1. The average molecular weight is 306 g/mol. The molecule has 1 aliphatic carbocycles. The second-order valence-electron chi connectivity index (χ2n) is 6.00. The van der Waals surface area contributed by atoms with Crippen LogP contribution in [0.4, 0.5) is 0 Å². The molecule has 1 aliphatic rings. The van der Waals surface area contributed by atoms with E-state index in [1.165, 1.54) is 0 Å². The van der Waals surface area contributed by atoms with E-state index in [9.17, 15) is 4.79 Å². The fraction of sp³-hybridized carbons (Fsp3) is 0.667. The first-order valence-corrected chi connectivity index (χ1v) is 7.62. The summed E-state index contributed by atoms with van der Waals surface area (Å²) in [5.41, 5.74) is 3.26. The van der Waals surface area contributed by atoms with Crippen LogP contribution in [0.2, 0.25) is 0 Å². The highest BCUT2D eigenvalue weighted by Crippen LogP contribution is 2.18. The molecule has 7 heteroatoms. The summed E-state index contributed by atoms with van der Waals surface area (Å²) < 4.78 is 1.87. The van der Waals surface area contributed by atoms with Crippen molar-refractivity contribution < 1.29 is 4.79 Å². The number of carbonyl (C=O) groups is 1. The highest BCUT2D eigenvalue weighted by molar-refractivity contribution is 5.86. The molecule has 1 fully saturated rings. The zero-order valence-electron chi connectivity index (χ0n) is 14.1. The number of guanidine groups is 1. The summed E-state index contributed by atoms with van der Waals surface area (Å²) >= 11 is 0. The van der Waals surface area contributed by atoms with Crippen molar-refractivity contribution in [2.24, 2.45) is 12.0 Å². The average Bonchev–Trinajstić information content (AvgIpc) is 3.23. The van der Waals surface area contributed by atoms with Crippen molar-refractivity contribution in [1.29, 1.82) is 0 Å². The molecule has 0 bridgehead atoms. The summed E-state index contributed by atoms with van der Waals surface area (Å²) in [4.78, 5) is 17.9. The second kappa shape index (κ2) is 6.81. The van der Waals surface area contributed by atoms with E-state index in [-0.39, 0.29) is 12.5 Å². The lowest BCUT2D eigenvalue weighted by molar-refractivity contribution is -0.127. The van der Waals surface area contributed by atoms with Gasteiger partial charge in [-0.25, -0.2) is 4.99 Å². The molecule has 1 aromatic rings. The fourth-order valence-corrected chi connectivity index (χ4v) is 2.10. The second-order valence-corrected chi connectivity index (χ2v) is 6.00. The quantitative estimate of drug-likeness (QED) is 0.607. The van der Waals surface area contributed by atoms with Crippen LogP contribution in [-0.2, 0) is 18.4 Å². The van der Waals surface area contributed by atoms with Crippen LogP contribution >= 0.6 is 0 Å². The maximum Gasteiger partial charge on any atom is 0.241 e. The Labute approximate surface area is 131 Å². The van der Waals surface area contributed by atoms with E-state index in [4.69, 9.17) is 0 Å². The van der Waals surface area contributed by atoms with Gasteiger partial charge in [-0.15, -0.1) is 0 Å². The number of aliphatic imine (C=N–C) groups is 1. The van der Waals surface area contributed by atoms with Gasteiger partial charge in [0.2, 0.25) is 5.91 Å². The van der Waals surface area contributed by atoms with Crippen LogP contribution in [-0.4, -0.2) is 53.2 Å². The lowest BCUT2D eigenvalue weighted by Gasteiger charge is -2.14. The molecule has 0 aromatic carbocycles. The minimum atomic E-state index is 0.0269. The van der Waals surface area contributed by atoms with Crippen LogP contribution in [0, 0.1) is 13.8 Å². The molecule has 1 aromatic heterocycles. The molecule has 2 rings (SSSR count). The van der Waals surface area contributed by atoms with E-state index in [1.807, 2.05) is 25.6 Å². The summed E-state index contributed by atoms with van der Waals surface area (Å²) in [6.45, 7) is 4.84. The maximum atomic E-state index is 11.7. The van der Waals surface area contributed by atoms with Gasteiger partial charge in [0.15, 0.2) is 5.96 Å². The molecule has 1 amide bonds. The van der Waals surface area contributed by atoms with Gasteiger partial charge in [0.25, 0.3) is 0 Å². The predicted molar refractivity (Wildman–Crippen MR) is 86.7 cm³/mol. The third-order valence-electron chi connectivity index (χ3n) is 3.88. The summed E-state index contributed by atoms with van der Waals surface area (Å²) in [5.74, 6) is 0.722. The monoisotopic (exact) mass is 306 g/mol. The number of aryl methyl sites for hydroxylation is 2. The number of nitrogens with one attached hydrogen (secondary N) is 2. The summed E-state index contributed by atoms with van der Waals surface area (Å²) in [6.07, 6.45) is 2.32. The van der Waals surface area contributed by atoms with Crippen molar-refractivity contribution in [1.82, 2.24) is 25.3 Å². The third-order valence-corrected chi connectivity index (χ3v) is 3.88. The van der Waals surface area contributed by atoms with Gasteiger partial charge in [0.05, 0.1) is 18.8 Å². The predicted octanol–water partition coefficient (Wildman–Crippen LogP) is 0.323. The van der Waals surface area contributed by atoms with Gasteiger partial charge in [-0.2, -0.15) is 5.10 Å². The summed E-state index contributed by atoms with van der Waals surface area (Å²) in [7, 11) is 5.43. The molecule has 2 N–H and O–H groups in total. The standard InChI is InChI=1S/C15H26N6O/c1-10-13(11(2)21(5)19-10)8-16-15(18-12-6-7-12)17-9-14(22)20(3)4/h12H,6-9H2,1-5H3,(H2,16,17,18). The van der Waals surface area contributed by atoms with E-state index < -0.39 is 0 Å². The number of nitrogens with zero attached hydrogens (tertiary/aromatic N) is 4. The van der Waals surface area contributed by atoms with Crippen LogP contribution in [0.3, 0.4) is 0 Å². The highest BCUT2D eigenvalue weighted by Gasteiger charge is 2.22. The van der Waals surface area contributed by atoms with E-state index in [0.29, 0.717) is 18.5 Å². The number of aromatic nitrogens is 2. The molecule has 1 saturated carbocycles. The molecule has 22 heavy (non-hydrogen) atoms. The summed E-state index contributed by atoms with van der Waals surface area (Å²) in [6, 6.07) is 0.483. The number of likely N-dealkylation sites (N-methyl/N-ethyl adjacent to an activating group) is 1. The molecule has 1 heterocycles. The molecule has 0 aliphatic heterocycles. The Morgan fingerprint density at radius 2 is 2.09 bits per heavy atom. The first kappa shape index (κ1) is 16.3. The van der Waals surface area contributed by atoms with Crippen molar-refractivity contribution in [3.05, 3.63) is 17.0 Å². The Balaban J connectivity index is 2.02. The molecule has 0 unspecified atom stereocenters. The van der Waals surface area contributed by atoms with Crippen molar-refractivity contribution in [3.8, 4) is 0 Å². The Bertz CT molecular complexity index is 571. The van der Waals surface area contributed by atoms with Gasteiger partial charge in [0, 0.05) is 38.4 Å². The minimum absolute atomic E-state index is 0.0269. The third kappa shape index (κ3) is 4.22. The van der Waals surface area contributed by atoms with Crippen LogP contribution in [0.1, 0.15) is 29.8 Å². The lowest BCUT2D eigenvalue weighted by atomic mass is 10.2. The van der Waals surface area contributed by atoms with Crippen LogP contribution in [0.15, 0.2) is 4.99 Å². The van der Waals surface area contributed by atoms with E-state index in [2.05, 4.69) is 20.7 Å². The Morgan fingerprint density at radius 3 is 2.59 bits per heavy atom. The van der Waals surface area contributed by atoms with Crippen molar-refractivity contribution in [2.45, 2.75) is 39.3 Å². The van der Waals surface area contributed by atoms with Gasteiger partial charge in [-0.3, -0.25) is 9.48 Å². The Kier molecular flexibility index (Phi) is 5.05. The first-order chi connectivity index (χ1) is 10.4. The molecule has 7 nitrogen and oxygen atoms in total.